The van der Waals surface area contributed by atoms with Crippen LogP contribution in [-0.2, 0) is 4.79 Å². The van der Waals surface area contributed by atoms with Gasteiger partial charge in [-0.1, -0.05) is 25.7 Å². The van der Waals surface area contributed by atoms with Gasteiger partial charge in [0, 0.05) is 19.0 Å². The van der Waals surface area contributed by atoms with Crippen LogP contribution in [0.25, 0.3) is 0 Å². The summed E-state index contributed by atoms with van der Waals surface area (Å²) in [4.78, 5) is 14.6. The lowest BCUT2D eigenvalue weighted by molar-refractivity contribution is -0.150. The number of carbonyl (C=O) groups excluding carboxylic acids is 1. The van der Waals surface area contributed by atoms with E-state index in [1.165, 1.54) is 0 Å². The lowest BCUT2D eigenvalue weighted by atomic mass is 9.70. The first-order valence-corrected chi connectivity index (χ1v) is 8.03. The van der Waals surface area contributed by atoms with E-state index in [0.29, 0.717) is 32.4 Å². The van der Waals surface area contributed by atoms with Crippen LogP contribution in [0.15, 0.2) is 0 Å². The van der Waals surface area contributed by atoms with E-state index in [4.69, 9.17) is 0 Å². The summed E-state index contributed by atoms with van der Waals surface area (Å²) in [6.07, 6.45) is 8.23. The molecule has 3 fully saturated rings. The number of aliphatic hydroxyl groups is 1. The molecule has 1 N–H and O–H groups in total. The second kappa shape index (κ2) is 5.04. The van der Waals surface area contributed by atoms with E-state index in [2.05, 4.69) is 6.07 Å². The molecule has 0 bridgehead atoms. The molecule has 2 unspecified atom stereocenters. The van der Waals surface area contributed by atoms with Gasteiger partial charge in [-0.05, 0) is 32.1 Å². The van der Waals surface area contributed by atoms with Crippen LogP contribution in [0.2, 0.25) is 0 Å². The highest BCUT2D eigenvalue weighted by Crippen LogP contribution is 2.43. The van der Waals surface area contributed by atoms with E-state index in [9.17, 15) is 15.2 Å². The van der Waals surface area contributed by atoms with E-state index in [0.717, 1.165) is 38.5 Å². The molecule has 0 aromatic rings. The Bertz CT molecular complexity index is 436. The van der Waals surface area contributed by atoms with Crippen molar-refractivity contribution in [1.29, 1.82) is 5.26 Å². The molecule has 110 valence electrons. The number of amides is 1. The minimum atomic E-state index is -0.760. The first kappa shape index (κ1) is 13.9. The quantitative estimate of drug-likeness (QED) is 0.798. The highest BCUT2D eigenvalue weighted by atomic mass is 16.3. The zero-order valence-corrected chi connectivity index (χ0v) is 12.1. The number of carbonyl (C=O) groups is 1. The van der Waals surface area contributed by atoms with Gasteiger partial charge in [0.15, 0.2) is 0 Å². The van der Waals surface area contributed by atoms with Crippen LogP contribution in [0, 0.1) is 22.7 Å². The fraction of sp³-hybridized carbons (Fsp3) is 0.875. The predicted octanol–water partition coefficient (Wildman–Crippen LogP) is 2.22. The molecule has 2 atom stereocenters. The molecule has 1 heterocycles. The SMILES string of the molecule is N#CC1(C(=O)N2CCC3(O)CCCCC3C2)CCCC1. The largest absolute Gasteiger partial charge is 0.389 e. The Morgan fingerprint density at radius 2 is 1.85 bits per heavy atom. The summed E-state index contributed by atoms with van der Waals surface area (Å²) in [6.45, 7) is 1.27. The molecule has 0 spiro atoms. The zero-order chi connectivity index (χ0) is 14.2. The van der Waals surface area contributed by atoms with Crippen molar-refractivity contribution in [1.82, 2.24) is 4.90 Å². The smallest absolute Gasteiger partial charge is 0.243 e. The first-order valence-electron chi connectivity index (χ1n) is 8.03. The molecule has 2 saturated carbocycles. The number of hydrogen-bond donors (Lipinski definition) is 1. The van der Waals surface area contributed by atoms with Crippen LogP contribution >= 0.6 is 0 Å². The molecule has 4 nitrogen and oxygen atoms in total. The number of fused-ring (bicyclic) bond motifs is 1. The minimum absolute atomic E-state index is 0.0325. The number of nitrogens with zero attached hydrogens (tertiary/aromatic N) is 2. The number of rotatable bonds is 1. The Labute approximate surface area is 120 Å². The van der Waals surface area contributed by atoms with Crippen molar-refractivity contribution < 1.29 is 9.90 Å². The average Bonchev–Trinajstić information content (AvgIpc) is 2.95. The van der Waals surface area contributed by atoms with Gasteiger partial charge in [0.1, 0.15) is 5.41 Å². The van der Waals surface area contributed by atoms with Crippen molar-refractivity contribution in [3.8, 4) is 6.07 Å². The third kappa shape index (κ3) is 2.13. The van der Waals surface area contributed by atoms with Gasteiger partial charge in [0.25, 0.3) is 0 Å². The molecule has 1 aliphatic heterocycles. The molecule has 4 heteroatoms. The Hall–Kier alpha value is -1.08. The normalized spacial score (nSPS) is 36.2. The van der Waals surface area contributed by atoms with E-state index >= 15 is 0 Å². The highest BCUT2D eigenvalue weighted by molar-refractivity contribution is 5.86. The van der Waals surface area contributed by atoms with Gasteiger partial charge in [-0.3, -0.25) is 4.79 Å². The summed E-state index contributed by atoms with van der Waals surface area (Å²) < 4.78 is 0. The molecule has 3 rings (SSSR count). The van der Waals surface area contributed by atoms with Crippen molar-refractivity contribution in [2.45, 2.75) is 63.4 Å². The number of piperidine rings is 1. The highest BCUT2D eigenvalue weighted by Gasteiger charge is 2.49. The maximum atomic E-state index is 12.8. The van der Waals surface area contributed by atoms with E-state index < -0.39 is 11.0 Å². The van der Waals surface area contributed by atoms with Crippen LogP contribution < -0.4 is 0 Å². The monoisotopic (exact) mass is 276 g/mol. The summed E-state index contributed by atoms with van der Waals surface area (Å²) in [7, 11) is 0. The molecule has 20 heavy (non-hydrogen) atoms. The summed E-state index contributed by atoms with van der Waals surface area (Å²) >= 11 is 0. The fourth-order valence-electron chi connectivity index (χ4n) is 4.41. The Morgan fingerprint density at radius 1 is 1.15 bits per heavy atom. The second-order valence-corrected chi connectivity index (χ2v) is 6.95. The van der Waals surface area contributed by atoms with Crippen LogP contribution in [0.3, 0.4) is 0 Å². The third-order valence-electron chi connectivity index (χ3n) is 5.80. The standard InChI is InChI=1S/C16H24N2O2/c17-12-15(6-3-4-7-15)14(19)18-10-9-16(20)8-2-1-5-13(16)11-18/h13,20H,1-11H2. The molecule has 3 aliphatic rings. The summed E-state index contributed by atoms with van der Waals surface area (Å²) in [5.41, 5.74) is -1.31. The lowest BCUT2D eigenvalue weighted by Gasteiger charge is -2.48. The topological polar surface area (TPSA) is 64.3 Å². The fourth-order valence-corrected chi connectivity index (χ4v) is 4.41. The van der Waals surface area contributed by atoms with Crippen LogP contribution in [-0.4, -0.2) is 34.6 Å². The number of nitriles is 1. The maximum absolute atomic E-state index is 12.8. The minimum Gasteiger partial charge on any atom is -0.389 e. The molecule has 2 aliphatic carbocycles. The average molecular weight is 276 g/mol. The van der Waals surface area contributed by atoms with Gasteiger partial charge >= 0.3 is 0 Å². The van der Waals surface area contributed by atoms with Crippen molar-refractivity contribution in [2.24, 2.45) is 11.3 Å². The van der Waals surface area contributed by atoms with E-state index in [1.54, 1.807) is 0 Å². The molecule has 1 amide bonds. The third-order valence-corrected chi connectivity index (χ3v) is 5.80. The number of likely N-dealkylation sites (tertiary alicyclic amines) is 1. The van der Waals surface area contributed by atoms with Crippen molar-refractivity contribution in [2.75, 3.05) is 13.1 Å². The molecule has 1 saturated heterocycles. The molecule has 0 aromatic heterocycles. The van der Waals surface area contributed by atoms with Gasteiger partial charge in [-0.15, -0.1) is 0 Å². The Morgan fingerprint density at radius 3 is 2.55 bits per heavy atom. The number of hydrogen-bond acceptors (Lipinski definition) is 3. The van der Waals surface area contributed by atoms with Crippen molar-refractivity contribution in [3.05, 3.63) is 0 Å². The summed E-state index contributed by atoms with van der Waals surface area (Å²) in [5.74, 6) is 0.246. The second-order valence-electron chi connectivity index (χ2n) is 6.95. The van der Waals surface area contributed by atoms with Gasteiger partial charge in [-0.2, -0.15) is 5.26 Å². The molecular weight excluding hydrogens is 252 g/mol. The van der Waals surface area contributed by atoms with Gasteiger partial charge in [0.2, 0.25) is 5.91 Å². The Balaban J connectivity index is 1.73. The van der Waals surface area contributed by atoms with Crippen LogP contribution in [0.4, 0.5) is 0 Å². The Kier molecular flexibility index (Phi) is 3.50. The maximum Gasteiger partial charge on any atom is 0.243 e. The van der Waals surface area contributed by atoms with Gasteiger partial charge < -0.3 is 10.0 Å². The zero-order valence-electron chi connectivity index (χ0n) is 12.1. The summed E-state index contributed by atoms with van der Waals surface area (Å²) in [6, 6.07) is 2.30. The first-order chi connectivity index (χ1) is 9.60. The van der Waals surface area contributed by atoms with Gasteiger partial charge in [0.05, 0.1) is 11.7 Å². The van der Waals surface area contributed by atoms with E-state index in [-0.39, 0.29) is 11.8 Å². The molecular formula is C16H24N2O2. The predicted molar refractivity (Wildman–Crippen MR) is 74.6 cm³/mol. The van der Waals surface area contributed by atoms with Crippen LogP contribution in [0.1, 0.15) is 57.8 Å². The van der Waals surface area contributed by atoms with E-state index in [1.807, 2.05) is 4.90 Å². The molecule has 0 aromatic carbocycles. The summed E-state index contributed by atoms with van der Waals surface area (Å²) in [5, 5.41) is 20.1. The molecule has 0 radical (unpaired) electrons. The van der Waals surface area contributed by atoms with Crippen molar-refractivity contribution >= 4 is 5.91 Å². The van der Waals surface area contributed by atoms with Gasteiger partial charge in [-0.25, -0.2) is 0 Å². The lowest BCUT2D eigenvalue weighted by Crippen LogP contribution is -2.56. The van der Waals surface area contributed by atoms with Crippen LogP contribution in [0.5, 0.6) is 0 Å². The van der Waals surface area contributed by atoms with Crippen molar-refractivity contribution in [3.63, 3.8) is 0 Å².